The molecule has 4 rings (SSSR count). The Morgan fingerprint density at radius 1 is 1.04 bits per heavy atom. The summed E-state index contributed by atoms with van der Waals surface area (Å²) < 4.78 is 12.7. The smallest absolute Gasteiger partial charge is 0.168 e. The second kappa shape index (κ2) is 6.76. The molecule has 0 unspecified atom stereocenters. The summed E-state index contributed by atoms with van der Waals surface area (Å²) in [7, 11) is 0. The van der Waals surface area contributed by atoms with Crippen LogP contribution < -0.4 is 0 Å². The minimum Gasteiger partial charge on any atom is -0.347 e. The van der Waals surface area contributed by atoms with Gasteiger partial charge in [0.05, 0.1) is 6.61 Å². The van der Waals surface area contributed by atoms with Crippen molar-refractivity contribution in [3.05, 3.63) is 48.0 Å². The molecule has 0 amide bonds. The van der Waals surface area contributed by atoms with Crippen molar-refractivity contribution >= 4 is 0 Å². The summed E-state index contributed by atoms with van der Waals surface area (Å²) in [5.74, 6) is -0.261. The highest BCUT2D eigenvalue weighted by Crippen LogP contribution is 2.39. The van der Waals surface area contributed by atoms with Crippen molar-refractivity contribution in [1.82, 2.24) is 4.90 Å². The molecule has 2 aliphatic heterocycles. The lowest BCUT2D eigenvalue weighted by Crippen LogP contribution is -2.46. The number of hydrogen-bond acceptors (Lipinski definition) is 3. The number of benzene rings is 1. The molecular formula is C20H27NO2. The van der Waals surface area contributed by atoms with Gasteiger partial charge in [0.1, 0.15) is 6.10 Å². The molecule has 2 heterocycles. The first-order chi connectivity index (χ1) is 11.3. The maximum atomic E-state index is 6.50. The second-order valence-electron chi connectivity index (χ2n) is 7.13. The molecule has 3 nitrogen and oxygen atoms in total. The van der Waals surface area contributed by atoms with Crippen LogP contribution >= 0.6 is 0 Å². The van der Waals surface area contributed by atoms with Crippen molar-refractivity contribution in [2.45, 2.75) is 63.0 Å². The summed E-state index contributed by atoms with van der Waals surface area (Å²) in [5.41, 5.74) is 1.37. The fourth-order valence-electron chi connectivity index (χ4n) is 4.24. The first-order valence-electron chi connectivity index (χ1n) is 9.09. The molecule has 1 saturated carbocycles. The average Bonchev–Trinajstić information content (AvgIpc) is 3.00. The average molecular weight is 313 g/mol. The molecule has 0 bridgehead atoms. The normalized spacial score (nSPS) is 30.8. The highest BCUT2D eigenvalue weighted by molar-refractivity contribution is 5.15. The van der Waals surface area contributed by atoms with Crippen molar-refractivity contribution < 1.29 is 9.47 Å². The van der Waals surface area contributed by atoms with Crippen molar-refractivity contribution in [2.24, 2.45) is 0 Å². The second-order valence-corrected chi connectivity index (χ2v) is 7.13. The molecule has 1 spiro atoms. The number of ether oxygens (including phenoxy) is 2. The number of hydrogen-bond donors (Lipinski definition) is 0. The Hall–Kier alpha value is -1.16. The molecule has 1 aliphatic carbocycles. The standard InChI is InChI=1S/C20H27NO2/c1-3-9-17(10-4-1)15-21-14-8-5-11-18(21)19-16-22-20(23-19)12-6-2-7-13-20/h1,3-5,8-10,18-19H,2,6-7,11-16H2/t18-,19+/m0/s1. The topological polar surface area (TPSA) is 21.7 Å². The van der Waals surface area contributed by atoms with E-state index < -0.39 is 0 Å². The van der Waals surface area contributed by atoms with Crippen LogP contribution in [0.4, 0.5) is 0 Å². The molecule has 2 fully saturated rings. The van der Waals surface area contributed by atoms with Gasteiger partial charge in [0, 0.05) is 32.0 Å². The fourth-order valence-corrected chi connectivity index (χ4v) is 4.24. The molecule has 3 aliphatic rings. The fraction of sp³-hybridized carbons (Fsp3) is 0.600. The van der Waals surface area contributed by atoms with E-state index in [9.17, 15) is 0 Å². The predicted molar refractivity (Wildman–Crippen MR) is 91.0 cm³/mol. The van der Waals surface area contributed by atoms with E-state index in [0.29, 0.717) is 6.04 Å². The predicted octanol–water partition coefficient (Wildman–Crippen LogP) is 3.89. The van der Waals surface area contributed by atoms with Crippen LogP contribution in [0.15, 0.2) is 42.5 Å². The van der Waals surface area contributed by atoms with Crippen LogP contribution in [0.25, 0.3) is 0 Å². The Morgan fingerprint density at radius 3 is 2.70 bits per heavy atom. The number of nitrogens with zero attached hydrogens (tertiary/aromatic N) is 1. The van der Waals surface area contributed by atoms with Gasteiger partial charge in [-0.2, -0.15) is 0 Å². The Kier molecular flexibility index (Phi) is 4.52. The zero-order chi connectivity index (χ0) is 15.5. The van der Waals surface area contributed by atoms with E-state index in [-0.39, 0.29) is 11.9 Å². The van der Waals surface area contributed by atoms with Crippen LogP contribution in [-0.4, -0.2) is 36.0 Å². The summed E-state index contributed by atoms with van der Waals surface area (Å²) in [5, 5.41) is 0. The van der Waals surface area contributed by atoms with Crippen LogP contribution in [0.2, 0.25) is 0 Å². The summed E-state index contributed by atoms with van der Waals surface area (Å²) in [6.07, 6.45) is 11.8. The molecular weight excluding hydrogens is 286 g/mol. The van der Waals surface area contributed by atoms with E-state index >= 15 is 0 Å². The Balaban J connectivity index is 1.45. The van der Waals surface area contributed by atoms with Crippen molar-refractivity contribution in [3.63, 3.8) is 0 Å². The van der Waals surface area contributed by atoms with Gasteiger partial charge in [-0.1, -0.05) is 48.9 Å². The lowest BCUT2D eigenvalue weighted by atomic mass is 9.94. The third-order valence-electron chi connectivity index (χ3n) is 5.50. The summed E-state index contributed by atoms with van der Waals surface area (Å²) in [6.45, 7) is 2.75. The third kappa shape index (κ3) is 3.37. The maximum Gasteiger partial charge on any atom is 0.168 e. The van der Waals surface area contributed by atoms with Gasteiger partial charge in [0.2, 0.25) is 0 Å². The van der Waals surface area contributed by atoms with Gasteiger partial charge in [-0.05, 0) is 24.8 Å². The first-order valence-corrected chi connectivity index (χ1v) is 9.09. The largest absolute Gasteiger partial charge is 0.347 e. The lowest BCUT2D eigenvalue weighted by Gasteiger charge is -2.37. The zero-order valence-electron chi connectivity index (χ0n) is 13.8. The van der Waals surface area contributed by atoms with Gasteiger partial charge in [0.25, 0.3) is 0 Å². The van der Waals surface area contributed by atoms with Crippen molar-refractivity contribution in [1.29, 1.82) is 0 Å². The minimum atomic E-state index is -0.261. The van der Waals surface area contributed by atoms with E-state index in [1.54, 1.807) is 0 Å². The van der Waals surface area contributed by atoms with Gasteiger partial charge in [-0.15, -0.1) is 0 Å². The summed E-state index contributed by atoms with van der Waals surface area (Å²) >= 11 is 0. The van der Waals surface area contributed by atoms with E-state index in [2.05, 4.69) is 47.4 Å². The van der Waals surface area contributed by atoms with E-state index in [0.717, 1.165) is 39.0 Å². The van der Waals surface area contributed by atoms with E-state index in [1.807, 2.05) is 0 Å². The quantitative estimate of drug-likeness (QED) is 0.790. The van der Waals surface area contributed by atoms with Gasteiger partial charge in [0.15, 0.2) is 5.79 Å². The Morgan fingerprint density at radius 2 is 1.87 bits per heavy atom. The lowest BCUT2D eigenvalue weighted by molar-refractivity contribution is -0.192. The first kappa shape index (κ1) is 15.4. The molecule has 0 N–H and O–H groups in total. The van der Waals surface area contributed by atoms with E-state index in [1.165, 1.54) is 24.8 Å². The summed E-state index contributed by atoms with van der Waals surface area (Å²) in [6, 6.07) is 11.2. The molecule has 0 radical (unpaired) electrons. The highest BCUT2D eigenvalue weighted by atomic mass is 16.7. The maximum absolute atomic E-state index is 6.50. The van der Waals surface area contributed by atoms with Gasteiger partial charge >= 0.3 is 0 Å². The molecule has 23 heavy (non-hydrogen) atoms. The third-order valence-corrected chi connectivity index (χ3v) is 5.50. The number of rotatable bonds is 3. The molecule has 0 aromatic heterocycles. The Labute approximate surface area is 139 Å². The van der Waals surface area contributed by atoms with Gasteiger partial charge in [-0.25, -0.2) is 0 Å². The van der Waals surface area contributed by atoms with Crippen LogP contribution in [0.5, 0.6) is 0 Å². The molecule has 1 saturated heterocycles. The monoisotopic (exact) mass is 313 g/mol. The van der Waals surface area contributed by atoms with E-state index in [4.69, 9.17) is 9.47 Å². The van der Waals surface area contributed by atoms with Crippen molar-refractivity contribution in [2.75, 3.05) is 13.2 Å². The van der Waals surface area contributed by atoms with Gasteiger partial charge in [-0.3, -0.25) is 4.90 Å². The van der Waals surface area contributed by atoms with Crippen LogP contribution in [0.1, 0.15) is 44.1 Å². The van der Waals surface area contributed by atoms with Gasteiger partial charge < -0.3 is 9.47 Å². The molecule has 3 heteroatoms. The van der Waals surface area contributed by atoms with Crippen LogP contribution in [-0.2, 0) is 16.0 Å². The molecule has 2 atom stereocenters. The minimum absolute atomic E-state index is 0.210. The zero-order valence-corrected chi connectivity index (χ0v) is 13.8. The summed E-state index contributed by atoms with van der Waals surface area (Å²) in [4.78, 5) is 2.55. The SMILES string of the molecule is C1=CCN(Cc2ccccc2)[C@H]([C@H]2COC3(CCCCC3)O2)C1. The van der Waals surface area contributed by atoms with Crippen LogP contribution in [0, 0.1) is 0 Å². The van der Waals surface area contributed by atoms with Crippen molar-refractivity contribution in [3.8, 4) is 0 Å². The molecule has 1 aromatic carbocycles. The molecule has 124 valence electrons. The highest BCUT2D eigenvalue weighted by Gasteiger charge is 2.45. The van der Waals surface area contributed by atoms with Crippen LogP contribution in [0.3, 0.4) is 0 Å². The molecule has 1 aromatic rings. The Bertz CT molecular complexity index is 536.